The van der Waals surface area contributed by atoms with E-state index in [0.717, 1.165) is 12.0 Å². The van der Waals surface area contributed by atoms with Crippen molar-refractivity contribution < 1.29 is 4.79 Å². The molecule has 108 valence electrons. The summed E-state index contributed by atoms with van der Waals surface area (Å²) in [4.78, 5) is 11.6. The van der Waals surface area contributed by atoms with Crippen LogP contribution in [0.5, 0.6) is 0 Å². The maximum atomic E-state index is 11.6. The highest BCUT2D eigenvalue weighted by atomic mass is 16.2. The van der Waals surface area contributed by atoms with E-state index in [1.807, 2.05) is 55.5 Å². The zero-order valence-corrected chi connectivity index (χ0v) is 12.2. The smallest absolute Gasteiger partial charge is 0.318 e. The molecule has 2 amide bonds. The molecule has 0 aliphatic carbocycles. The number of benzene rings is 2. The summed E-state index contributed by atoms with van der Waals surface area (Å²) in [5.41, 5.74) is 3.50. The number of hydrogen-bond acceptors (Lipinski definition) is 1. The summed E-state index contributed by atoms with van der Waals surface area (Å²) < 4.78 is 0. The van der Waals surface area contributed by atoms with Crippen molar-refractivity contribution in [2.45, 2.75) is 13.3 Å². The minimum atomic E-state index is -0.186. The fourth-order valence-corrected chi connectivity index (χ4v) is 1.91. The normalized spacial score (nSPS) is 10.5. The van der Waals surface area contributed by atoms with Crippen molar-refractivity contribution >= 4 is 12.1 Å². The standard InChI is InChI=1S/C18H20N2O/c1-15-7-9-17(10-8-15)12-14-20-18(21)19-13-11-16-5-3-2-4-6-16/h2-10,12,14H,11,13H2,1H3,(H2,19,20,21)/b14-12+. The molecule has 0 unspecified atom stereocenters. The third kappa shape index (κ3) is 5.53. The number of carbonyl (C=O) groups is 1. The second-order valence-electron chi connectivity index (χ2n) is 4.88. The van der Waals surface area contributed by atoms with Gasteiger partial charge in [-0.05, 0) is 30.5 Å². The summed E-state index contributed by atoms with van der Waals surface area (Å²) in [6.07, 6.45) is 4.36. The van der Waals surface area contributed by atoms with Crippen LogP contribution in [0.2, 0.25) is 0 Å². The molecule has 0 bridgehead atoms. The molecule has 0 heterocycles. The lowest BCUT2D eigenvalue weighted by atomic mass is 10.1. The minimum Gasteiger partial charge on any atom is -0.338 e. The first-order valence-electron chi connectivity index (χ1n) is 7.05. The van der Waals surface area contributed by atoms with Gasteiger partial charge in [-0.2, -0.15) is 0 Å². The Labute approximate surface area is 125 Å². The number of amides is 2. The second-order valence-corrected chi connectivity index (χ2v) is 4.88. The van der Waals surface area contributed by atoms with Gasteiger partial charge in [0, 0.05) is 12.7 Å². The third-order valence-electron chi connectivity index (χ3n) is 3.11. The number of rotatable bonds is 5. The van der Waals surface area contributed by atoms with E-state index in [-0.39, 0.29) is 6.03 Å². The molecule has 3 nitrogen and oxygen atoms in total. The molecule has 0 aromatic heterocycles. The summed E-state index contributed by atoms with van der Waals surface area (Å²) in [5.74, 6) is 0. The van der Waals surface area contributed by atoms with Crippen molar-refractivity contribution in [2.75, 3.05) is 6.54 Å². The van der Waals surface area contributed by atoms with Gasteiger partial charge in [0.05, 0.1) is 0 Å². The molecule has 0 saturated carbocycles. The van der Waals surface area contributed by atoms with Crippen molar-refractivity contribution in [3.05, 3.63) is 77.5 Å². The molecule has 2 aromatic carbocycles. The van der Waals surface area contributed by atoms with E-state index in [1.54, 1.807) is 6.20 Å². The number of aryl methyl sites for hydroxylation is 1. The fraction of sp³-hybridized carbons (Fsp3) is 0.167. The topological polar surface area (TPSA) is 41.1 Å². The first kappa shape index (κ1) is 14.9. The van der Waals surface area contributed by atoms with E-state index >= 15 is 0 Å². The largest absolute Gasteiger partial charge is 0.338 e. The van der Waals surface area contributed by atoms with Gasteiger partial charge < -0.3 is 10.6 Å². The van der Waals surface area contributed by atoms with Gasteiger partial charge in [-0.1, -0.05) is 60.2 Å². The lowest BCUT2D eigenvalue weighted by Crippen LogP contribution is -2.33. The molecule has 2 aromatic rings. The molecular weight excluding hydrogens is 260 g/mol. The van der Waals surface area contributed by atoms with Gasteiger partial charge in [0.15, 0.2) is 0 Å². The molecule has 0 saturated heterocycles. The predicted octanol–water partition coefficient (Wildman–Crippen LogP) is 3.51. The van der Waals surface area contributed by atoms with Gasteiger partial charge in [0.25, 0.3) is 0 Å². The van der Waals surface area contributed by atoms with Crippen molar-refractivity contribution in [3.8, 4) is 0 Å². The average Bonchev–Trinajstić information content (AvgIpc) is 2.50. The van der Waals surface area contributed by atoms with E-state index in [0.29, 0.717) is 6.54 Å². The van der Waals surface area contributed by atoms with Gasteiger partial charge in [-0.25, -0.2) is 4.79 Å². The highest BCUT2D eigenvalue weighted by molar-refractivity contribution is 5.75. The molecule has 21 heavy (non-hydrogen) atoms. The minimum absolute atomic E-state index is 0.186. The maximum Gasteiger partial charge on any atom is 0.318 e. The molecule has 0 spiro atoms. The summed E-state index contributed by atoms with van der Waals surface area (Å²) in [6.45, 7) is 2.67. The summed E-state index contributed by atoms with van der Waals surface area (Å²) in [7, 11) is 0. The highest BCUT2D eigenvalue weighted by Gasteiger charge is 1.96. The van der Waals surface area contributed by atoms with Gasteiger partial charge in [0.1, 0.15) is 0 Å². The first-order valence-corrected chi connectivity index (χ1v) is 7.05. The molecule has 2 rings (SSSR count). The van der Waals surface area contributed by atoms with Crippen molar-refractivity contribution in [3.63, 3.8) is 0 Å². The van der Waals surface area contributed by atoms with Crippen LogP contribution in [0, 0.1) is 6.92 Å². The molecule has 3 heteroatoms. The van der Waals surface area contributed by atoms with Crippen molar-refractivity contribution in [1.82, 2.24) is 10.6 Å². The molecule has 0 aliphatic rings. The zero-order valence-electron chi connectivity index (χ0n) is 12.2. The summed E-state index contributed by atoms with van der Waals surface area (Å²) in [5, 5.41) is 5.53. The first-order chi connectivity index (χ1) is 10.2. The van der Waals surface area contributed by atoms with Crippen LogP contribution in [0.3, 0.4) is 0 Å². The van der Waals surface area contributed by atoms with Crippen LogP contribution in [0.15, 0.2) is 60.8 Å². The Morgan fingerprint density at radius 3 is 2.48 bits per heavy atom. The van der Waals surface area contributed by atoms with Crippen LogP contribution in [0.4, 0.5) is 4.79 Å². The number of urea groups is 1. The van der Waals surface area contributed by atoms with Crippen molar-refractivity contribution in [1.29, 1.82) is 0 Å². The Morgan fingerprint density at radius 1 is 1.05 bits per heavy atom. The predicted molar refractivity (Wildman–Crippen MR) is 86.9 cm³/mol. The lowest BCUT2D eigenvalue weighted by molar-refractivity contribution is 0.244. The third-order valence-corrected chi connectivity index (χ3v) is 3.11. The van der Waals surface area contributed by atoms with Gasteiger partial charge in [-0.15, -0.1) is 0 Å². The van der Waals surface area contributed by atoms with E-state index < -0.39 is 0 Å². The van der Waals surface area contributed by atoms with Crippen LogP contribution in [-0.2, 0) is 6.42 Å². The Balaban J connectivity index is 1.69. The molecule has 0 radical (unpaired) electrons. The Bertz CT molecular complexity index is 588. The average molecular weight is 280 g/mol. The SMILES string of the molecule is Cc1ccc(/C=C/NC(=O)NCCc2ccccc2)cc1. The van der Waals surface area contributed by atoms with E-state index in [9.17, 15) is 4.79 Å². The van der Waals surface area contributed by atoms with Gasteiger partial charge >= 0.3 is 6.03 Å². The summed E-state index contributed by atoms with van der Waals surface area (Å²) in [6, 6.07) is 18.0. The molecule has 0 aliphatic heterocycles. The van der Waals surface area contributed by atoms with Crippen LogP contribution < -0.4 is 10.6 Å². The highest BCUT2D eigenvalue weighted by Crippen LogP contribution is 2.04. The second kappa shape index (κ2) is 7.90. The van der Waals surface area contributed by atoms with Crippen LogP contribution in [0.1, 0.15) is 16.7 Å². The molecular formula is C18H20N2O. The van der Waals surface area contributed by atoms with Gasteiger partial charge in [-0.3, -0.25) is 0 Å². The maximum absolute atomic E-state index is 11.6. The van der Waals surface area contributed by atoms with Crippen LogP contribution in [-0.4, -0.2) is 12.6 Å². The van der Waals surface area contributed by atoms with Gasteiger partial charge in [0.2, 0.25) is 0 Å². The van der Waals surface area contributed by atoms with Crippen molar-refractivity contribution in [2.24, 2.45) is 0 Å². The zero-order chi connectivity index (χ0) is 14.9. The Morgan fingerprint density at radius 2 is 1.76 bits per heavy atom. The number of hydrogen-bond donors (Lipinski definition) is 2. The van der Waals surface area contributed by atoms with Crippen LogP contribution >= 0.6 is 0 Å². The lowest BCUT2D eigenvalue weighted by Gasteiger charge is -2.04. The number of nitrogens with one attached hydrogen (secondary N) is 2. The van der Waals surface area contributed by atoms with E-state index in [4.69, 9.17) is 0 Å². The molecule has 2 N–H and O–H groups in total. The summed E-state index contributed by atoms with van der Waals surface area (Å²) >= 11 is 0. The quantitative estimate of drug-likeness (QED) is 0.864. The fourth-order valence-electron chi connectivity index (χ4n) is 1.91. The Hall–Kier alpha value is -2.55. The van der Waals surface area contributed by atoms with Crippen LogP contribution in [0.25, 0.3) is 6.08 Å². The molecule has 0 fully saturated rings. The Kier molecular flexibility index (Phi) is 5.59. The number of carbonyl (C=O) groups excluding carboxylic acids is 1. The monoisotopic (exact) mass is 280 g/mol. The molecule has 0 atom stereocenters. The van der Waals surface area contributed by atoms with E-state index in [1.165, 1.54) is 11.1 Å². The van der Waals surface area contributed by atoms with E-state index in [2.05, 4.69) is 22.8 Å².